The number of aliphatic hydroxyl groups excluding tert-OH is 1. The Kier molecular flexibility index (Phi) is 3.88. The van der Waals surface area contributed by atoms with E-state index in [1.807, 2.05) is 0 Å². The molecule has 0 amide bonds. The minimum Gasteiger partial charge on any atom is -0.387 e. The Labute approximate surface area is 63.9 Å². The lowest BCUT2D eigenvalue weighted by Crippen LogP contribution is -2.21. The van der Waals surface area contributed by atoms with E-state index in [2.05, 4.69) is 0 Å². The Morgan fingerprint density at radius 3 is 2.18 bits per heavy atom. The molecule has 0 saturated heterocycles. The van der Waals surface area contributed by atoms with Crippen molar-refractivity contribution in [2.24, 2.45) is 0 Å². The maximum atomic E-state index is 11.6. The molecule has 1 N–H and O–H groups in total. The van der Waals surface area contributed by atoms with Crippen molar-refractivity contribution in [3.63, 3.8) is 0 Å². The van der Waals surface area contributed by atoms with Crippen molar-refractivity contribution in [2.45, 2.75) is 19.0 Å². The van der Waals surface area contributed by atoms with Crippen molar-refractivity contribution in [2.75, 3.05) is 12.0 Å². The van der Waals surface area contributed by atoms with Crippen LogP contribution in [0.15, 0.2) is 0 Å². The summed E-state index contributed by atoms with van der Waals surface area (Å²) in [5.74, 6) is -0.404. The van der Waals surface area contributed by atoms with Crippen molar-refractivity contribution in [3.05, 3.63) is 0 Å². The second-order valence-corrected chi connectivity index (χ2v) is 4.58. The molecule has 0 radical (unpaired) electrons. The van der Waals surface area contributed by atoms with Gasteiger partial charge in [0.15, 0.2) is 0 Å². The molecule has 0 heterocycles. The van der Waals surface area contributed by atoms with E-state index in [9.17, 15) is 17.2 Å². The molecule has 0 aliphatic rings. The zero-order chi connectivity index (χ0) is 9.07. The van der Waals surface area contributed by atoms with E-state index in [4.69, 9.17) is 5.11 Å². The summed E-state index contributed by atoms with van der Waals surface area (Å²) in [6.45, 7) is 0. The van der Waals surface area contributed by atoms with Crippen LogP contribution in [-0.2, 0) is 9.84 Å². The molecule has 68 valence electrons. The molecule has 6 heteroatoms. The van der Waals surface area contributed by atoms with Crippen LogP contribution < -0.4 is 0 Å². The molecule has 0 aliphatic carbocycles. The zero-order valence-corrected chi connectivity index (χ0v) is 6.81. The first-order valence-corrected chi connectivity index (χ1v) is 5.03. The standard InChI is InChI=1S/C5H10F2O3S/c1-11(9,10)3-2-4(8)5(6)7/h4-5,8H,2-3H2,1H3. The molecule has 1 unspecified atom stereocenters. The third-order valence-corrected chi connectivity index (χ3v) is 2.05. The van der Waals surface area contributed by atoms with E-state index < -0.39 is 34.5 Å². The molecule has 1 atom stereocenters. The fourth-order valence-corrected chi connectivity index (χ4v) is 1.13. The van der Waals surface area contributed by atoms with Gasteiger partial charge in [-0.05, 0) is 6.42 Å². The summed E-state index contributed by atoms with van der Waals surface area (Å²) in [5, 5.41) is 8.48. The van der Waals surface area contributed by atoms with E-state index in [0.717, 1.165) is 6.26 Å². The van der Waals surface area contributed by atoms with Gasteiger partial charge in [0.05, 0.1) is 5.75 Å². The van der Waals surface area contributed by atoms with Crippen LogP contribution in [0, 0.1) is 0 Å². The second-order valence-electron chi connectivity index (χ2n) is 2.32. The van der Waals surface area contributed by atoms with Gasteiger partial charge in [0.25, 0.3) is 6.43 Å². The molecule has 0 rings (SSSR count). The van der Waals surface area contributed by atoms with Gasteiger partial charge in [-0.15, -0.1) is 0 Å². The maximum Gasteiger partial charge on any atom is 0.264 e. The minimum atomic E-state index is -3.25. The summed E-state index contributed by atoms with van der Waals surface area (Å²) in [5.41, 5.74) is 0. The van der Waals surface area contributed by atoms with Gasteiger partial charge < -0.3 is 5.11 Å². The number of sulfone groups is 1. The predicted molar refractivity (Wildman–Crippen MR) is 36.3 cm³/mol. The molecule has 0 spiro atoms. The third-order valence-electron chi connectivity index (χ3n) is 1.08. The number of hydrogen-bond donors (Lipinski definition) is 1. The van der Waals surface area contributed by atoms with Gasteiger partial charge in [0.1, 0.15) is 15.9 Å². The normalized spacial score (nSPS) is 15.4. The first-order chi connectivity index (χ1) is 4.83. The largest absolute Gasteiger partial charge is 0.387 e. The molecule has 0 fully saturated rings. The van der Waals surface area contributed by atoms with Crippen molar-refractivity contribution in [1.82, 2.24) is 0 Å². The fraction of sp³-hybridized carbons (Fsp3) is 1.00. The molecule has 11 heavy (non-hydrogen) atoms. The lowest BCUT2D eigenvalue weighted by atomic mass is 10.3. The first kappa shape index (κ1) is 10.8. The van der Waals surface area contributed by atoms with Gasteiger partial charge in [0, 0.05) is 6.26 Å². The van der Waals surface area contributed by atoms with E-state index in [-0.39, 0.29) is 0 Å². The highest BCUT2D eigenvalue weighted by molar-refractivity contribution is 7.90. The van der Waals surface area contributed by atoms with Crippen molar-refractivity contribution < 1.29 is 22.3 Å². The molecule has 0 aromatic heterocycles. The number of halogens is 2. The summed E-state index contributed by atoms with van der Waals surface area (Å²) in [4.78, 5) is 0. The molecular weight excluding hydrogens is 178 g/mol. The van der Waals surface area contributed by atoms with Gasteiger partial charge in [-0.25, -0.2) is 17.2 Å². The van der Waals surface area contributed by atoms with Crippen LogP contribution in [0.1, 0.15) is 6.42 Å². The summed E-state index contributed by atoms with van der Waals surface area (Å²) < 4.78 is 43.9. The highest BCUT2D eigenvalue weighted by Crippen LogP contribution is 2.05. The van der Waals surface area contributed by atoms with Crippen LogP contribution in [0.2, 0.25) is 0 Å². The Hall–Kier alpha value is -0.230. The van der Waals surface area contributed by atoms with Gasteiger partial charge in [-0.3, -0.25) is 0 Å². The quantitative estimate of drug-likeness (QED) is 0.678. The lowest BCUT2D eigenvalue weighted by molar-refractivity contribution is -0.00548. The van der Waals surface area contributed by atoms with Crippen LogP contribution in [-0.4, -0.2) is 38.1 Å². The van der Waals surface area contributed by atoms with Crippen molar-refractivity contribution in [3.8, 4) is 0 Å². The highest BCUT2D eigenvalue weighted by Gasteiger charge is 2.18. The Morgan fingerprint density at radius 1 is 1.45 bits per heavy atom. The van der Waals surface area contributed by atoms with Gasteiger partial charge >= 0.3 is 0 Å². The van der Waals surface area contributed by atoms with Gasteiger partial charge in [0.2, 0.25) is 0 Å². The van der Waals surface area contributed by atoms with Gasteiger partial charge in [-0.1, -0.05) is 0 Å². The number of alkyl halides is 2. The summed E-state index contributed by atoms with van der Waals surface area (Å²) >= 11 is 0. The lowest BCUT2D eigenvalue weighted by Gasteiger charge is -2.06. The van der Waals surface area contributed by atoms with Gasteiger partial charge in [-0.2, -0.15) is 0 Å². The van der Waals surface area contributed by atoms with Crippen LogP contribution in [0.5, 0.6) is 0 Å². The van der Waals surface area contributed by atoms with E-state index in [0.29, 0.717) is 0 Å². The molecule has 0 aliphatic heterocycles. The molecule has 0 saturated carbocycles. The summed E-state index contributed by atoms with van der Waals surface area (Å²) in [6, 6.07) is 0. The zero-order valence-electron chi connectivity index (χ0n) is 6.00. The second kappa shape index (κ2) is 3.96. The third kappa shape index (κ3) is 6.18. The van der Waals surface area contributed by atoms with Crippen molar-refractivity contribution in [1.29, 1.82) is 0 Å². The van der Waals surface area contributed by atoms with Crippen LogP contribution in [0.3, 0.4) is 0 Å². The predicted octanol–water partition coefficient (Wildman–Crippen LogP) is 0.0471. The maximum absolute atomic E-state index is 11.6. The van der Waals surface area contributed by atoms with Crippen molar-refractivity contribution >= 4 is 9.84 Å². The molecule has 0 bridgehead atoms. The first-order valence-electron chi connectivity index (χ1n) is 2.97. The molecule has 0 aromatic carbocycles. The SMILES string of the molecule is CS(=O)(=O)CCC(O)C(F)F. The number of aliphatic hydroxyl groups is 1. The van der Waals surface area contributed by atoms with Crippen LogP contribution in [0.4, 0.5) is 8.78 Å². The summed E-state index contributed by atoms with van der Waals surface area (Å²) in [6.07, 6.45) is -4.16. The van der Waals surface area contributed by atoms with E-state index in [1.165, 1.54) is 0 Å². The number of rotatable bonds is 4. The monoisotopic (exact) mass is 188 g/mol. The average Bonchev–Trinajstić information content (AvgIpc) is 1.80. The van der Waals surface area contributed by atoms with E-state index >= 15 is 0 Å². The molecule has 3 nitrogen and oxygen atoms in total. The topological polar surface area (TPSA) is 54.4 Å². The van der Waals surface area contributed by atoms with Crippen LogP contribution in [0.25, 0.3) is 0 Å². The summed E-state index contributed by atoms with van der Waals surface area (Å²) in [7, 11) is -3.25. The highest BCUT2D eigenvalue weighted by atomic mass is 32.2. The Balaban J connectivity index is 3.72. The average molecular weight is 188 g/mol. The molecular formula is C5H10F2O3S. The smallest absolute Gasteiger partial charge is 0.264 e. The number of hydrogen-bond acceptors (Lipinski definition) is 3. The fourth-order valence-electron chi connectivity index (χ4n) is 0.461. The Bertz CT molecular complexity index is 200. The van der Waals surface area contributed by atoms with E-state index in [1.54, 1.807) is 0 Å². The molecule has 0 aromatic rings. The minimum absolute atomic E-state index is 0.404. The van der Waals surface area contributed by atoms with Crippen LogP contribution >= 0.6 is 0 Å². The Morgan fingerprint density at radius 2 is 1.91 bits per heavy atom.